The van der Waals surface area contributed by atoms with Gasteiger partial charge in [-0.05, 0) is 13.0 Å². The van der Waals surface area contributed by atoms with E-state index in [-0.39, 0.29) is 5.91 Å². The normalized spacial score (nSPS) is 13.7. The fourth-order valence-electron chi connectivity index (χ4n) is 2.27. The van der Waals surface area contributed by atoms with Crippen molar-refractivity contribution in [2.75, 3.05) is 6.61 Å². The number of carbonyl (C=O) groups is 1. The molecule has 3 rings (SSSR count). The number of fused-ring (bicyclic) bond motifs is 1. The molecule has 0 saturated carbocycles. The van der Waals surface area contributed by atoms with Crippen molar-refractivity contribution in [2.45, 2.75) is 26.4 Å². The van der Waals surface area contributed by atoms with E-state index in [9.17, 15) is 4.79 Å². The first-order chi connectivity index (χ1) is 9.63. The molecule has 0 bridgehead atoms. The second-order valence-corrected chi connectivity index (χ2v) is 4.88. The molecule has 1 aliphatic heterocycles. The number of ether oxygens (including phenoxy) is 1. The summed E-state index contributed by atoms with van der Waals surface area (Å²) in [5, 5.41) is 11.3. The molecular formula is C13H17N5O2. The highest BCUT2D eigenvalue weighted by atomic mass is 16.5. The fourth-order valence-corrected chi connectivity index (χ4v) is 2.27. The van der Waals surface area contributed by atoms with E-state index in [1.54, 1.807) is 15.4 Å². The highest BCUT2D eigenvalue weighted by Gasteiger charge is 2.17. The molecule has 106 valence electrons. The molecule has 0 unspecified atom stereocenters. The molecule has 0 radical (unpaired) electrons. The van der Waals surface area contributed by atoms with E-state index in [4.69, 9.17) is 4.74 Å². The Morgan fingerprint density at radius 2 is 2.30 bits per heavy atom. The van der Waals surface area contributed by atoms with Crippen LogP contribution < -0.4 is 10.1 Å². The SMILES string of the molecule is Cc1cc(CNC(=O)c2cc3n(n2)CCCO3)n(C)n1. The average Bonchev–Trinajstić information content (AvgIpc) is 2.99. The molecular weight excluding hydrogens is 258 g/mol. The van der Waals surface area contributed by atoms with Crippen LogP contribution in [0.5, 0.6) is 5.88 Å². The van der Waals surface area contributed by atoms with Gasteiger partial charge in [-0.15, -0.1) is 0 Å². The number of aromatic nitrogens is 4. The van der Waals surface area contributed by atoms with Crippen molar-refractivity contribution in [1.82, 2.24) is 24.9 Å². The number of hydrogen-bond donors (Lipinski definition) is 1. The Morgan fingerprint density at radius 3 is 3.00 bits per heavy atom. The van der Waals surface area contributed by atoms with Crippen LogP contribution >= 0.6 is 0 Å². The zero-order valence-corrected chi connectivity index (χ0v) is 11.6. The van der Waals surface area contributed by atoms with Crippen LogP contribution in [0.1, 0.15) is 28.3 Å². The van der Waals surface area contributed by atoms with Crippen molar-refractivity contribution < 1.29 is 9.53 Å². The molecule has 0 aromatic carbocycles. The second kappa shape index (κ2) is 4.99. The molecule has 7 heteroatoms. The first-order valence-corrected chi connectivity index (χ1v) is 6.62. The van der Waals surface area contributed by atoms with Crippen LogP contribution in [-0.2, 0) is 20.1 Å². The van der Waals surface area contributed by atoms with Gasteiger partial charge in [0, 0.05) is 26.1 Å². The molecule has 2 aromatic rings. The number of amides is 1. The molecule has 0 atom stereocenters. The van der Waals surface area contributed by atoms with E-state index in [2.05, 4.69) is 15.5 Å². The van der Waals surface area contributed by atoms with E-state index < -0.39 is 0 Å². The Hall–Kier alpha value is -2.31. The molecule has 1 aliphatic rings. The number of hydrogen-bond acceptors (Lipinski definition) is 4. The second-order valence-electron chi connectivity index (χ2n) is 4.88. The van der Waals surface area contributed by atoms with Gasteiger partial charge in [-0.25, -0.2) is 4.68 Å². The van der Waals surface area contributed by atoms with Crippen molar-refractivity contribution in [3.63, 3.8) is 0 Å². The van der Waals surface area contributed by atoms with Gasteiger partial charge in [-0.2, -0.15) is 10.2 Å². The monoisotopic (exact) mass is 275 g/mol. The standard InChI is InChI=1S/C13H17N5O2/c1-9-6-10(17(2)15-9)8-14-13(19)11-7-12-18(16-11)4-3-5-20-12/h6-7H,3-5,8H2,1-2H3,(H,14,19). The first kappa shape index (κ1) is 12.7. The lowest BCUT2D eigenvalue weighted by Crippen LogP contribution is -2.24. The van der Waals surface area contributed by atoms with Crippen LogP contribution in [0.25, 0.3) is 0 Å². The Labute approximate surface area is 116 Å². The number of aryl methyl sites for hydroxylation is 3. The lowest BCUT2D eigenvalue weighted by Gasteiger charge is -2.13. The third-order valence-electron chi connectivity index (χ3n) is 3.27. The van der Waals surface area contributed by atoms with E-state index in [0.717, 1.165) is 24.4 Å². The van der Waals surface area contributed by atoms with Gasteiger partial charge in [-0.3, -0.25) is 9.48 Å². The predicted molar refractivity (Wildman–Crippen MR) is 71.5 cm³/mol. The minimum atomic E-state index is -0.200. The topological polar surface area (TPSA) is 74.0 Å². The molecule has 2 aromatic heterocycles. The quantitative estimate of drug-likeness (QED) is 0.892. The zero-order valence-electron chi connectivity index (χ0n) is 11.6. The fraction of sp³-hybridized carbons (Fsp3) is 0.462. The van der Waals surface area contributed by atoms with Crippen molar-refractivity contribution in [2.24, 2.45) is 7.05 Å². The average molecular weight is 275 g/mol. The summed E-state index contributed by atoms with van der Waals surface area (Å²) in [6.45, 7) is 3.83. The largest absolute Gasteiger partial charge is 0.478 e. The summed E-state index contributed by atoms with van der Waals surface area (Å²) < 4.78 is 8.94. The van der Waals surface area contributed by atoms with Crippen LogP contribution in [0.3, 0.4) is 0 Å². The van der Waals surface area contributed by atoms with Crippen LogP contribution in [0.4, 0.5) is 0 Å². The van der Waals surface area contributed by atoms with Gasteiger partial charge in [0.15, 0.2) is 5.69 Å². The van der Waals surface area contributed by atoms with Gasteiger partial charge in [0.2, 0.25) is 5.88 Å². The summed E-state index contributed by atoms with van der Waals surface area (Å²) in [7, 11) is 1.86. The van der Waals surface area contributed by atoms with Crippen molar-refractivity contribution in [1.29, 1.82) is 0 Å². The third-order valence-corrected chi connectivity index (χ3v) is 3.27. The first-order valence-electron chi connectivity index (χ1n) is 6.62. The molecule has 3 heterocycles. The van der Waals surface area contributed by atoms with Crippen molar-refractivity contribution in [3.05, 3.63) is 29.2 Å². The number of rotatable bonds is 3. The van der Waals surface area contributed by atoms with Crippen LogP contribution in [-0.4, -0.2) is 32.1 Å². The Kier molecular flexibility index (Phi) is 3.17. The summed E-state index contributed by atoms with van der Waals surface area (Å²) in [6.07, 6.45) is 0.921. The van der Waals surface area contributed by atoms with Gasteiger partial charge in [0.25, 0.3) is 5.91 Å². The minimum Gasteiger partial charge on any atom is -0.478 e. The van der Waals surface area contributed by atoms with E-state index in [1.807, 2.05) is 20.0 Å². The third kappa shape index (κ3) is 2.38. The lowest BCUT2D eigenvalue weighted by molar-refractivity contribution is 0.0944. The molecule has 0 saturated heterocycles. The molecule has 1 N–H and O–H groups in total. The maximum absolute atomic E-state index is 12.1. The summed E-state index contributed by atoms with van der Waals surface area (Å²) in [5.74, 6) is 0.465. The minimum absolute atomic E-state index is 0.200. The predicted octanol–water partition coefficient (Wildman–Crippen LogP) is 0.638. The molecule has 20 heavy (non-hydrogen) atoms. The summed E-state index contributed by atoms with van der Waals surface area (Å²) >= 11 is 0. The Morgan fingerprint density at radius 1 is 1.45 bits per heavy atom. The molecule has 7 nitrogen and oxygen atoms in total. The highest BCUT2D eigenvalue weighted by Crippen LogP contribution is 2.18. The van der Waals surface area contributed by atoms with Gasteiger partial charge >= 0.3 is 0 Å². The van der Waals surface area contributed by atoms with Crippen molar-refractivity contribution in [3.8, 4) is 5.88 Å². The summed E-state index contributed by atoms with van der Waals surface area (Å²) in [6, 6.07) is 3.63. The van der Waals surface area contributed by atoms with E-state index in [0.29, 0.717) is 24.7 Å². The Bertz CT molecular complexity index is 620. The van der Waals surface area contributed by atoms with E-state index >= 15 is 0 Å². The Balaban J connectivity index is 1.67. The molecule has 0 aliphatic carbocycles. The highest BCUT2D eigenvalue weighted by molar-refractivity contribution is 5.92. The van der Waals surface area contributed by atoms with Crippen LogP contribution in [0.2, 0.25) is 0 Å². The molecule has 0 spiro atoms. The van der Waals surface area contributed by atoms with Crippen LogP contribution in [0, 0.1) is 6.92 Å². The van der Waals surface area contributed by atoms with Crippen LogP contribution in [0.15, 0.2) is 12.1 Å². The van der Waals surface area contributed by atoms with Gasteiger partial charge in [0.05, 0.1) is 24.5 Å². The van der Waals surface area contributed by atoms with Gasteiger partial charge in [-0.1, -0.05) is 0 Å². The summed E-state index contributed by atoms with van der Waals surface area (Å²) in [5.41, 5.74) is 2.28. The van der Waals surface area contributed by atoms with Gasteiger partial charge in [0.1, 0.15) is 0 Å². The summed E-state index contributed by atoms with van der Waals surface area (Å²) in [4.78, 5) is 12.1. The molecule has 1 amide bonds. The number of carbonyl (C=O) groups excluding carboxylic acids is 1. The smallest absolute Gasteiger partial charge is 0.272 e. The zero-order chi connectivity index (χ0) is 14.1. The van der Waals surface area contributed by atoms with Gasteiger partial charge < -0.3 is 10.1 Å². The number of nitrogens with one attached hydrogen (secondary N) is 1. The molecule has 0 fully saturated rings. The number of nitrogens with zero attached hydrogens (tertiary/aromatic N) is 4. The van der Waals surface area contributed by atoms with E-state index in [1.165, 1.54) is 0 Å². The van der Waals surface area contributed by atoms with Crippen molar-refractivity contribution >= 4 is 5.91 Å². The maximum atomic E-state index is 12.1. The lowest BCUT2D eigenvalue weighted by atomic mass is 10.3. The maximum Gasteiger partial charge on any atom is 0.272 e.